The first-order chi connectivity index (χ1) is 13.9. The molecule has 7 nitrogen and oxygen atoms in total. The third kappa shape index (κ3) is 4.05. The summed E-state index contributed by atoms with van der Waals surface area (Å²) in [5.41, 5.74) is 1.34. The molecular weight excluding hydrogens is 396 g/mol. The summed E-state index contributed by atoms with van der Waals surface area (Å²) in [5.74, 6) is 0.580. The highest BCUT2D eigenvalue weighted by Gasteiger charge is 2.20. The van der Waals surface area contributed by atoms with Gasteiger partial charge in [-0.3, -0.25) is 4.79 Å². The monoisotopic (exact) mass is 416 g/mol. The van der Waals surface area contributed by atoms with Crippen molar-refractivity contribution < 1.29 is 19.0 Å². The van der Waals surface area contributed by atoms with Gasteiger partial charge in [-0.05, 0) is 37.6 Å². The van der Waals surface area contributed by atoms with Crippen molar-refractivity contribution in [3.05, 3.63) is 62.5 Å². The number of aromatic nitrogens is 2. The zero-order valence-electron chi connectivity index (χ0n) is 16.6. The van der Waals surface area contributed by atoms with Crippen LogP contribution in [0.5, 0.6) is 11.5 Å². The maximum atomic E-state index is 12.9. The quantitative estimate of drug-likeness (QED) is 0.451. The van der Waals surface area contributed by atoms with E-state index in [-0.39, 0.29) is 17.3 Å². The van der Waals surface area contributed by atoms with Crippen LogP contribution in [-0.4, -0.2) is 36.3 Å². The van der Waals surface area contributed by atoms with Crippen LogP contribution in [-0.2, 0) is 11.3 Å². The van der Waals surface area contributed by atoms with Gasteiger partial charge >= 0.3 is 5.97 Å². The molecule has 2 aromatic heterocycles. The van der Waals surface area contributed by atoms with Crippen LogP contribution in [0, 0.1) is 6.92 Å². The number of ether oxygens (including phenoxy) is 3. The molecule has 0 amide bonds. The van der Waals surface area contributed by atoms with Crippen molar-refractivity contribution in [1.29, 1.82) is 0 Å². The molecule has 0 aliphatic heterocycles. The van der Waals surface area contributed by atoms with Gasteiger partial charge in [0.05, 0.1) is 32.8 Å². The number of hydrogen-bond donors (Lipinski definition) is 0. The Labute approximate surface area is 172 Å². The maximum absolute atomic E-state index is 12.9. The molecule has 3 aromatic rings. The molecule has 8 heteroatoms. The number of rotatable bonds is 6. The van der Waals surface area contributed by atoms with Gasteiger partial charge in [0, 0.05) is 17.8 Å². The van der Waals surface area contributed by atoms with Gasteiger partial charge < -0.3 is 18.8 Å². The number of halogens is 1. The van der Waals surface area contributed by atoms with Gasteiger partial charge in [-0.2, -0.15) is 0 Å². The summed E-state index contributed by atoms with van der Waals surface area (Å²) in [6, 6.07) is 7.01. The molecule has 29 heavy (non-hydrogen) atoms. The van der Waals surface area contributed by atoms with Gasteiger partial charge in [0.2, 0.25) is 5.43 Å². The van der Waals surface area contributed by atoms with Crippen LogP contribution in [0.2, 0.25) is 5.15 Å². The Morgan fingerprint density at radius 1 is 1.21 bits per heavy atom. The van der Waals surface area contributed by atoms with Gasteiger partial charge in [0.25, 0.3) is 0 Å². The third-order valence-corrected chi connectivity index (χ3v) is 4.72. The van der Waals surface area contributed by atoms with E-state index in [1.165, 1.54) is 6.20 Å². The normalized spacial score (nSPS) is 10.8. The second-order valence-corrected chi connectivity index (χ2v) is 6.75. The maximum Gasteiger partial charge on any atom is 0.343 e. The lowest BCUT2D eigenvalue weighted by atomic mass is 10.1. The number of nitrogens with zero attached hydrogens (tertiary/aromatic N) is 2. The fraction of sp³-hybridized carbons (Fsp3) is 0.286. The molecule has 0 N–H and O–H groups in total. The number of hydrogen-bond acceptors (Lipinski definition) is 6. The van der Waals surface area contributed by atoms with Crippen LogP contribution in [0.15, 0.2) is 35.3 Å². The van der Waals surface area contributed by atoms with Crippen LogP contribution in [0.25, 0.3) is 11.0 Å². The Balaban J connectivity index is 2.25. The zero-order valence-corrected chi connectivity index (χ0v) is 17.4. The average Bonchev–Trinajstić information content (AvgIpc) is 2.69. The number of carbonyl (C=O) groups is 1. The van der Waals surface area contributed by atoms with Crippen LogP contribution in [0.1, 0.15) is 28.4 Å². The van der Waals surface area contributed by atoms with Crippen molar-refractivity contribution in [3.8, 4) is 11.5 Å². The molecule has 0 saturated carbocycles. The number of methoxy groups -OCH3 is 2. The summed E-state index contributed by atoms with van der Waals surface area (Å²) < 4.78 is 17.5. The Bertz CT molecular complexity index is 1140. The average molecular weight is 417 g/mol. The number of aryl methyl sites for hydroxylation is 1. The lowest BCUT2D eigenvalue weighted by molar-refractivity contribution is 0.0524. The van der Waals surface area contributed by atoms with Gasteiger partial charge in [0.15, 0.2) is 0 Å². The number of fused-ring (bicyclic) bond motifs is 1. The number of pyridine rings is 2. The fourth-order valence-corrected chi connectivity index (χ4v) is 3.40. The van der Waals surface area contributed by atoms with E-state index in [4.69, 9.17) is 25.8 Å². The van der Waals surface area contributed by atoms with Crippen molar-refractivity contribution in [2.24, 2.45) is 0 Å². The van der Waals surface area contributed by atoms with Crippen LogP contribution >= 0.6 is 11.6 Å². The highest BCUT2D eigenvalue weighted by Crippen LogP contribution is 2.27. The minimum absolute atomic E-state index is 0.0564. The SMILES string of the molecule is CCOC(=O)c1cn(Cc2ccc(OC)cc2OC)c2nc(Cl)cc(C)c2c1=O. The van der Waals surface area contributed by atoms with Gasteiger partial charge in [-0.1, -0.05) is 11.6 Å². The second-order valence-electron chi connectivity index (χ2n) is 6.36. The Hall–Kier alpha value is -3.06. The Morgan fingerprint density at radius 3 is 2.62 bits per heavy atom. The van der Waals surface area contributed by atoms with E-state index < -0.39 is 11.4 Å². The van der Waals surface area contributed by atoms with Crippen molar-refractivity contribution >= 4 is 28.6 Å². The molecule has 0 radical (unpaired) electrons. The third-order valence-electron chi connectivity index (χ3n) is 4.53. The highest BCUT2D eigenvalue weighted by molar-refractivity contribution is 6.29. The van der Waals surface area contributed by atoms with Gasteiger partial charge in [-0.15, -0.1) is 0 Å². The minimum Gasteiger partial charge on any atom is -0.497 e. The van der Waals surface area contributed by atoms with Gasteiger partial charge in [-0.25, -0.2) is 9.78 Å². The molecule has 0 spiro atoms. The lowest BCUT2D eigenvalue weighted by Crippen LogP contribution is -2.22. The number of esters is 1. The van der Waals surface area contributed by atoms with Gasteiger partial charge in [0.1, 0.15) is 27.9 Å². The summed E-state index contributed by atoms with van der Waals surface area (Å²) in [6.07, 6.45) is 1.45. The molecule has 1 aromatic carbocycles. The first-order valence-electron chi connectivity index (χ1n) is 8.97. The number of carbonyl (C=O) groups excluding carboxylic acids is 1. The molecule has 0 unspecified atom stereocenters. The molecule has 3 rings (SSSR count). The second kappa shape index (κ2) is 8.53. The number of benzene rings is 1. The summed E-state index contributed by atoms with van der Waals surface area (Å²) >= 11 is 6.14. The van der Waals surface area contributed by atoms with Crippen molar-refractivity contribution in [2.45, 2.75) is 20.4 Å². The largest absolute Gasteiger partial charge is 0.497 e. The molecule has 0 fully saturated rings. The molecular formula is C21H21ClN2O5. The summed E-state index contributed by atoms with van der Waals surface area (Å²) in [7, 11) is 3.13. The molecule has 0 saturated heterocycles. The molecule has 152 valence electrons. The standard InChI is InChI=1S/C21H21ClN2O5/c1-5-29-21(26)15-11-24(10-13-6-7-14(27-3)9-16(13)28-4)20-18(19(15)25)12(2)8-17(22)23-20/h6-9,11H,5,10H2,1-4H3. The smallest absolute Gasteiger partial charge is 0.343 e. The fourth-order valence-electron chi connectivity index (χ4n) is 3.16. The van der Waals surface area contributed by atoms with Crippen molar-refractivity contribution in [1.82, 2.24) is 9.55 Å². The van der Waals surface area contributed by atoms with Crippen LogP contribution in [0.3, 0.4) is 0 Å². The topological polar surface area (TPSA) is 79.7 Å². The van der Waals surface area contributed by atoms with E-state index in [0.717, 1.165) is 5.56 Å². The summed E-state index contributed by atoms with van der Waals surface area (Å²) in [6.45, 7) is 3.90. The Morgan fingerprint density at radius 2 is 1.97 bits per heavy atom. The summed E-state index contributed by atoms with van der Waals surface area (Å²) in [4.78, 5) is 29.7. The zero-order chi connectivity index (χ0) is 21.1. The van der Waals surface area contributed by atoms with E-state index in [2.05, 4.69) is 4.98 Å². The predicted molar refractivity (Wildman–Crippen MR) is 110 cm³/mol. The van der Waals surface area contributed by atoms with E-state index in [1.807, 2.05) is 6.07 Å². The predicted octanol–water partition coefficient (Wildman–Crippen LogP) is 3.60. The van der Waals surface area contributed by atoms with E-state index >= 15 is 0 Å². The van der Waals surface area contributed by atoms with Crippen LogP contribution < -0.4 is 14.9 Å². The minimum atomic E-state index is -0.677. The lowest BCUT2D eigenvalue weighted by Gasteiger charge is -2.16. The van der Waals surface area contributed by atoms with Crippen molar-refractivity contribution in [3.63, 3.8) is 0 Å². The molecule has 0 bridgehead atoms. The van der Waals surface area contributed by atoms with E-state index in [1.54, 1.807) is 50.8 Å². The Kier molecular flexibility index (Phi) is 6.08. The molecule has 0 aliphatic carbocycles. The van der Waals surface area contributed by atoms with E-state index in [0.29, 0.717) is 34.6 Å². The molecule has 0 atom stereocenters. The highest BCUT2D eigenvalue weighted by atomic mass is 35.5. The molecule has 0 aliphatic rings. The van der Waals surface area contributed by atoms with Crippen LogP contribution in [0.4, 0.5) is 0 Å². The molecule has 2 heterocycles. The van der Waals surface area contributed by atoms with Crippen molar-refractivity contribution in [2.75, 3.05) is 20.8 Å². The van der Waals surface area contributed by atoms with E-state index in [9.17, 15) is 9.59 Å². The summed E-state index contributed by atoms with van der Waals surface area (Å²) in [5, 5.41) is 0.584. The first kappa shape index (κ1) is 20.7. The first-order valence-corrected chi connectivity index (χ1v) is 9.35.